The minimum absolute atomic E-state index is 0.0184. The topological polar surface area (TPSA) is 90.4 Å². The fourth-order valence-corrected chi connectivity index (χ4v) is 10.7. The van der Waals surface area contributed by atoms with Gasteiger partial charge in [0.05, 0.1) is 23.2 Å². The molecule has 1 aromatic rings. The van der Waals surface area contributed by atoms with E-state index in [1.807, 2.05) is 41.0 Å². The molecule has 3 fully saturated rings. The molecule has 2 unspecified atom stereocenters. The monoisotopic (exact) mass is 667 g/mol. The van der Waals surface area contributed by atoms with Crippen molar-refractivity contribution in [2.24, 2.45) is 17.3 Å². The zero-order chi connectivity index (χ0) is 34.6. The summed E-state index contributed by atoms with van der Waals surface area (Å²) in [6, 6.07) is 6.84. The van der Waals surface area contributed by atoms with E-state index in [-0.39, 0.29) is 35.0 Å². The molecule has 3 saturated heterocycles. The first-order valence-electron chi connectivity index (χ1n) is 17.4. The van der Waals surface area contributed by atoms with Crippen molar-refractivity contribution >= 4 is 35.2 Å². The van der Waals surface area contributed by atoms with Crippen molar-refractivity contribution in [2.45, 2.75) is 108 Å². The molecular formula is C38H57N3O5S. The number of aliphatic hydroxyl groups excluding tert-OH is 1. The predicted molar refractivity (Wildman–Crippen MR) is 192 cm³/mol. The molecule has 3 heterocycles. The molecule has 3 aliphatic rings. The van der Waals surface area contributed by atoms with Gasteiger partial charge in [0.25, 0.3) is 0 Å². The molecule has 0 aromatic heterocycles. The summed E-state index contributed by atoms with van der Waals surface area (Å²) in [6.07, 6.45) is 8.99. The van der Waals surface area contributed by atoms with Crippen LogP contribution in [-0.4, -0.2) is 87.1 Å². The molecule has 8 nitrogen and oxygen atoms in total. The quantitative estimate of drug-likeness (QED) is 0.151. The highest BCUT2D eigenvalue weighted by Crippen LogP contribution is 2.67. The van der Waals surface area contributed by atoms with Gasteiger partial charge < -0.3 is 24.5 Å². The molecule has 3 aliphatic heterocycles. The Bertz CT molecular complexity index is 1290. The van der Waals surface area contributed by atoms with Crippen LogP contribution < -0.4 is 9.64 Å². The molecule has 260 valence electrons. The molecular weight excluding hydrogens is 611 g/mol. The summed E-state index contributed by atoms with van der Waals surface area (Å²) < 4.78 is 4.96. The van der Waals surface area contributed by atoms with Gasteiger partial charge in [0.2, 0.25) is 17.7 Å². The number of nitrogens with zero attached hydrogens (tertiary/aromatic N) is 3. The van der Waals surface area contributed by atoms with Crippen molar-refractivity contribution in [1.29, 1.82) is 0 Å². The number of likely N-dealkylation sites (tertiary alicyclic amines) is 1. The van der Waals surface area contributed by atoms with Crippen LogP contribution in [0.25, 0.3) is 0 Å². The third kappa shape index (κ3) is 7.61. The first kappa shape index (κ1) is 37.0. The number of thioether (sulfide) groups is 1. The summed E-state index contributed by atoms with van der Waals surface area (Å²) in [5.41, 5.74) is 0.245. The van der Waals surface area contributed by atoms with Crippen LogP contribution in [0.3, 0.4) is 0 Å². The van der Waals surface area contributed by atoms with Crippen molar-refractivity contribution in [3.8, 4) is 5.75 Å². The van der Waals surface area contributed by atoms with Crippen molar-refractivity contribution in [3.05, 3.63) is 49.6 Å². The number of hydrogen-bond donors (Lipinski definition) is 1. The molecule has 1 aromatic carbocycles. The first-order chi connectivity index (χ1) is 22.3. The molecule has 0 aliphatic carbocycles. The molecule has 4 rings (SSSR count). The second-order valence-electron chi connectivity index (χ2n) is 15.2. The highest BCUT2D eigenvalue weighted by molar-refractivity contribution is 8.02. The van der Waals surface area contributed by atoms with E-state index in [9.17, 15) is 14.7 Å². The molecule has 1 N–H and O–H groups in total. The number of ether oxygens (including phenoxy) is 1. The minimum Gasteiger partial charge on any atom is -0.494 e. The van der Waals surface area contributed by atoms with Gasteiger partial charge in [0.15, 0.2) is 0 Å². The summed E-state index contributed by atoms with van der Waals surface area (Å²) in [5, 5.41) is 9.25. The average Bonchev–Trinajstić information content (AvgIpc) is 3.64. The van der Waals surface area contributed by atoms with Gasteiger partial charge in [-0.05, 0) is 82.6 Å². The van der Waals surface area contributed by atoms with Crippen molar-refractivity contribution < 1.29 is 24.2 Å². The van der Waals surface area contributed by atoms with Gasteiger partial charge in [-0.1, -0.05) is 45.8 Å². The second kappa shape index (κ2) is 15.2. The fourth-order valence-electron chi connectivity index (χ4n) is 8.53. The lowest BCUT2D eigenvalue weighted by molar-refractivity contribution is -0.146. The van der Waals surface area contributed by atoms with E-state index >= 15 is 4.79 Å². The summed E-state index contributed by atoms with van der Waals surface area (Å²) in [5.74, 6) is -0.568. The zero-order valence-corrected chi connectivity index (χ0v) is 30.3. The highest BCUT2D eigenvalue weighted by Gasteiger charge is 2.74. The number of aliphatic hydroxyl groups is 1. The van der Waals surface area contributed by atoms with Crippen LogP contribution in [0.1, 0.15) is 86.5 Å². The van der Waals surface area contributed by atoms with Gasteiger partial charge >= 0.3 is 0 Å². The number of unbranched alkanes of at least 4 members (excludes halogenated alkanes) is 3. The Morgan fingerprint density at radius 3 is 2.30 bits per heavy atom. The maximum absolute atomic E-state index is 15.0. The third-order valence-electron chi connectivity index (χ3n) is 9.93. The number of amides is 3. The minimum atomic E-state index is -0.667. The van der Waals surface area contributed by atoms with E-state index in [0.717, 1.165) is 56.4 Å². The summed E-state index contributed by atoms with van der Waals surface area (Å²) >= 11 is 1.71. The van der Waals surface area contributed by atoms with Crippen molar-refractivity contribution in [1.82, 2.24) is 9.80 Å². The largest absolute Gasteiger partial charge is 0.494 e. The fraction of sp³-hybridized carbons (Fsp3) is 0.658. The number of benzene rings is 1. The van der Waals surface area contributed by atoms with E-state index in [4.69, 9.17) is 4.74 Å². The Morgan fingerprint density at radius 2 is 1.70 bits per heavy atom. The predicted octanol–water partition coefficient (Wildman–Crippen LogP) is 6.48. The first-order valence-corrected chi connectivity index (χ1v) is 18.3. The lowest BCUT2D eigenvalue weighted by Gasteiger charge is -2.46. The smallest absolute Gasteiger partial charge is 0.247 e. The number of hydrogen-bond acceptors (Lipinski definition) is 6. The molecule has 9 heteroatoms. The maximum Gasteiger partial charge on any atom is 0.247 e. The number of carbonyl (C=O) groups is 3. The number of rotatable bonds is 17. The maximum atomic E-state index is 15.0. The highest BCUT2D eigenvalue weighted by atomic mass is 32.2. The lowest BCUT2D eigenvalue weighted by atomic mass is 9.70. The van der Waals surface area contributed by atoms with Crippen LogP contribution in [0.4, 0.5) is 5.69 Å². The van der Waals surface area contributed by atoms with E-state index in [1.165, 1.54) is 0 Å². The van der Waals surface area contributed by atoms with Crippen LogP contribution in [-0.2, 0) is 14.4 Å². The molecule has 0 saturated carbocycles. The van der Waals surface area contributed by atoms with Gasteiger partial charge in [-0.25, -0.2) is 0 Å². The number of carbonyl (C=O) groups excluding carboxylic acids is 3. The zero-order valence-electron chi connectivity index (χ0n) is 29.5. The number of anilines is 1. The van der Waals surface area contributed by atoms with Crippen LogP contribution >= 0.6 is 11.8 Å². The van der Waals surface area contributed by atoms with E-state index in [1.54, 1.807) is 28.8 Å². The molecule has 2 bridgehead atoms. The summed E-state index contributed by atoms with van der Waals surface area (Å²) in [6.45, 7) is 22.5. The summed E-state index contributed by atoms with van der Waals surface area (Å²) in [7, 11) is 0. The molecule has 47 heavy (non-hydrogen) atoms. The standard InChI is InChI=1S/C38H57N3O5S/c1-9-22-39(27-16-18-28(19-17-27)46-11-3)33(43)30-29-20-21-38(47-29)31(30)34(44)40(24-14-12-13-15-25-42)32(38)35(45)41(23-10-2)37(7,8)26-36(4,5)6/h9-10,16-19,29-32,42H,1-2,11-15,20-26H2,3-8H3/t29-,30+,31-,32?,38?/m0/s1. The third-order valence-corrected chi connectivity index (χ3v) is 11.9. The Hall–Kier alpha value is -2.78. The second-order valence-corrected chi connectivity index (χ2v) is 16.8. The van der Waals surface area contributed by atoms with Crippen LogP contribution in [0.5, 0.6) is 5.75 Å². The Balaban J connectivity index is 1.73. The van der Waals surface area contributed by atoms with E-state index in [2.05, 4.69) is 47.8 Å². The summed E-state index contributed by atoms with van der Waals surface area (Å²) in [4.78, 5) is 49.8. The molecule has 3 amide bonds. The Labute approximate surface area is 287 Å². The molecule has 1 spiro atoms. The molecule has 0 radical (unpaired) electrons. The lowest BCUT2D eigenvalue weighted by Crippen LogP contribution is -2.60. The Kier molecular flexibility index (Phi) is 12.0. The van der Waals surface area contributed by atoms with Crippen LogP contribution in [0, 0.1) is 17.3 Å². The molecule has 5 atom stereocenters. The van der Waals surface area contributed by atoms with E-state index in [0.29, 0.717) is 26.2 Å². The van der Waals surface area contributed by atoms with Crippen LogP contribution in [0.2, 0.25) is 0 Å². The van der Waals surface area contributed by atoms with Gasteiger partial charge in [-0.3, -0.25) is 14.4 Å². The SMILES string of the molecule is C=CCN(C(=O)[C@@H]1[C@@H]2CCC3(S2)C(C(=O)N(CC=C)C(C)(C)CC(C)(C)C)N(CCCCCCO)C(=O)[C@H]13)c1ccc(OCC)cc1. The average molecular weight is 668 g/mol. The van der Waals surface area contributed by atoms with Crippen molar-refractivity contribution in [3.63, 3.8) is 0 Å². The normalized spacial score (nSPS) is 25.1. The van der Waals surface area contributed by atoms with Gasteiger partial charge in [-0.2, -0.15) is 0 Å². The van der Waals surface area contributed by atoms with Crippen LogP contribution in [0.15, 0.2) is 49.6 Å². The van der Waals surface area contributed by atoms with Crippen molar-refractivity contribution in [2.75, 3.05) is 37.7 Å². The van der Waals surface area contributed by atoms with Gasteiger partial charge in [0, 0.05) is 42.7 Å². The van der Waals surface area contributed by atoms with Gasteiger partial charge in [-0.15, -0.1) is 24.9 Å². The Morgan fingerprint density at radius 1 is 1.04 bits per heavy atom. The van der Waals surface area contributed by atoms with E-state index < -0.39 is 28.2 Å². The number of fused-ring (bicyclic) bond motifs is 1. The van der Waals surface area contributed by atoms with Gasteiger partial charge in [0.1, 0.15) is 11.8 Å².